The number of quaternary nitrogens is 1. The zero-order chi connectivity index (χ0) is 17.9. The Morgan fingerprint density at radius 1 is 1.00 bits per heavy atom. The lowest BCUT2D eigenvalue weighted by molar-refractivity contribution is -0.719. The summed E-state index contributed by atoms with van der Waals surface area (Å²) in [5.41, 5.74) is 2.68. The van der Waals surface area contributed by atoms with Crippen molar-refractivity contribution in [3.05, 3.63) is 96.1 Å². The van der Waals surface area contributed by atoms with Crippen LogP contribution >= 0.6 is 0 Å². The first-order valence-corrected chi connectivity index (χ1v) is 8.77. The van der Waals surface area contributed by atoms with E-state index in [-0.39, 0.29) is 17.9 Å². The number of nitrogens with one attached hydrogen (secondary N) is 1. The Morgan fingerprint density at radius 3 is 2.54 bits per heavy atom. The lowest BCUT2D eigenvalue weighted by Crippen LogP contribution is -2.87. The molecule has 2 atom stereocenters. The molecule has 0 aliphatic heterocycles. The number of furan rings is 1. The summed E-state index contributed by atoms with van der Waals surface area (Å²) in [5.74, 6) is 0.949. The molecule has 0 aliphatic carbocycles. The highest BCUT2D eigenvalue weighted by atomic mass is 16.3. The van der Waals surface area contributed by atoms with E-state index < -0.39 is 0 Å². The number of rotatable bonds is 6. The smallest absolute Gasteiger partial charge is 0.226 e. The molecule has 0 spiro atoms. The summed E-state index contributed by atoms with van der Waals surface area (Å²) in [5, 5.41) is 3.02. The topological polar surface area (TPSA) is 62.6 Å². The average Bonchev–Trinajstić information content (AvgIpc) is 3.36. The number of hydrogen-bond donors (Lipinski definition) is 2. The normalized spacial score (nSPS) is 13.6. The molecule has 2 heterocycles. The van der Waals surface area contributed by atoms with Crippen LogP contribution in [0.2, 0.25) is 0 Å². The molecule has 0 aliphatic rings. The van der Waals surface area contributed by atoms with Gasteiger partial charge in [0, 0.05) is 28.2 Å². The van der Waals surface area contributed by atoms with E-state index in [9.17, 15) is 4.79 Å². The van der Waals surface area contributed by atoms with E-state index in [1.807, 2.05) is 72.9 Å². The molecule has 0 amide bonds. The van der Waals surface area contributed by atoms with Gasteiger partial charge < -0.3 is 14.7 Å². The molecule has 0 saturated carbocycles. The van der Waals surface area contributed by atoms with Crippen LogP contribution in [-0.4, -0.2) is 10.8 Å². The zero-order valence-electron chi connectivity index (χ0n) is 14.6. The van der Waals surface area contributed by atoms with E-state index in [2.05, 4.69) is 17.2 Å². The van der Waals surface area contributed by atoms with E-state index in [1.54, 1.807) is 6.26 Å². The lowest BCUT2D eigenvalue weighted by atomic mass is 9.96. The molecule has 130 valence electrons. The Hall–Kier alpha value is -3.11. The first-order chi connectivity index (χ1) is 12.7. The predicted molar refractivity (Wildman–Crippen MR) is 101 cm³/mol. The molecule has 26 heavy (non-hydrogen) atoms. The molecule has 4 aromatic rings. The first-order valence-electron chi connectivity index (χ1n) is 8.77. The average molecular weight is 345 g/mol. The van der Waals surface area contributed by atoms with E-state index in [0.717, 1.165) is 27.8 Å². The van der Waals surface area contributed by atoms with Gasteiger partial charge in [-0.2, -0.15) is 0 Å². The molecule has 0 radical (unpaired) electrons. The maximum Gasteiger partial charge on any atom is 0.226 e. The van der Waals surface area contributed by atoms with Crippen LogP contribution in [0.3, 0.4) is 0 Å². The van der Waals surface area contributed by atoms with Gasteiger partial charge in [-0.05, 0) is 25.1 Å². The summed E-state index contributed by atoms with van der Waals surface area (Å²) in [6, 6.07) is 21.3. The SMILES string of the molecule is C[C@@H]([NH2+][C@@H](C(=O)c1c[nH]c2ccccc12)c1ccccc1)c1ccco1. The Balaban J connectivity index is 1.71. The first kappa shape index (κ1) is 16.4. The van der Waals surface area contributed by atoms with Gasteiger partial charge in [0.15, 0.2) is 11.8 Å². The molecule has 3 N–H and O–H groups in total. The number of hydrogen-bond acceptors (Lipinski definition) is 2. The van der Waals surface area contributed by atoms with Gasteiger partial charge in [0.05, 0.1) is 6.26 Å². The second-order valence-corrected chi connectivity index (χ2v) is 6.50. The number of fused-ring (bicyclic) bond motifs is 1. The molecular weight excluding hydrogens is 324 g/mol. The van der Waals surface area contributed by atoms with Crippen molar-refractivity contribution < 1.29 is 14.5 Å². The fourth-order valence-corrected chi connectivity index (χ4v) is 3.39. The van der Waals surface area contributed by atoms with Crippen LogP contribution < -0.4 is 5.32 Å². The molecule has 2 aromatic heterocycles. The Morgan fingerprint density at radius 2 is 1.77 bits per heavy atom. The summed E-state index contributed by atoms with van der Waals surface area (Å²) in [6.07, 6.45) is 3.48. The highest BCUT2D eigenvalue weighted by Crippen LogP contribution is 2.23. The number of benzene rings is 2. The third kappa shape index (κ3) is 3.07. The van der Waals surface area contributed by atoms with Crippen molar-refractivity contribution in [1.29, 1.82) is 0 Å². The second kappa shape index (κ2) is 7.02. The number of ketones is 1. The minimum absolute atomic E-state index is 0.0318. The van der Waals surface area contributed by atoms with Gasteiger partial charge in [-0.3, -0.25) is 4.79 Å². The van der Waals surface area contributed by atoms with Crippen LogP contribution in [0, 0.1) is 0 Å². The van der Waals surface area contributed by atoms with E-state index in [1.165, 1.54) is 0 Å². The fraction of sp³-hybridized carbons (Fsp3) is 0.136. The highest BCUT2D eigenvalue weighted by Gasteiger charge is 2.30. The van der Waals surface area contributed by atoms with Crippen molar-refractivity contribution in [3.63, 3.8) is 0 Å². The van der Waals surface area contributed by atoms with Crippen LogP contribution in [0.15, 0.2) is 83.6 Å². The Labute approximate surface area is 151 Å². The number of carbonyl (C=O) groups is 1. The molecule has 4 rings (SSSR count). The number of nitrogens with two attached hydrogens (primary N) is 1. The number of para-hydroxylation sites is 1. The third-order valence-corrected chi connectivity index (χ3v) is 4.77. The molecule has 0 bridgehead atoms. The van der Waals surface area contributed by atoms with Crippen molar-refractivity contribution in [3.8, 4) is 0 Å². The summed E-state index contributed by atoms with van der Waals surface area (Å²) in [6.45, 7) is 2.05. The molecule has 4 heteroatoms. The van der Waals surface area contributed by atoms with Crippen LogP contribution in [0.1, 0.15) is 40.7 Å². The molecule has 0 saturated heterocycles. The Kier molecular flexibility index (Phi) is 4.42. The standard InChI is InChI=1S/C22H20N2O2/c1-15(20-12-7-13-26-20)24-21(16-8-3-2-4-9-16)22(25)18-14-23-19-11-6-5-10-17(18)19/h2-15,21,23-24H,1H3/p+1/t15-,21-/m1/s1. The van der Waals surface area contributed by atoms with Gasteiger partial charge in [0.25, 0.3) is 0 Å². The fourth-order valence-electron chi connectivity index (χ4n) is 3.39. The zero-order valence-corrected chi connectivity index (χ0v) is 14.6. The minimum Gasteiger partial charge on any atom is -0.463 e. The number of carbonyl (C=O) groups excluding carboxylic acids is 1. The third-order valence-electron chi connectivity index (χ3n) is 4.77. The second-order valence-electron chi connectivity index (χ2n) is 6.50. The van der Waals surface area contributed by atoms with Crippen molar-refractivity contribution in [2.24, 2.45) is 0 Å². The van der Waals surface area contributed by atoms with Gasteiger partial charge >= 0.3 is 0 Å². The van der Waals surface area contributed by atoms with Crippen molar-refractivity contribution in [1.82, 2.24) is 4.98 Å². The monoisotopic (exact) mass is 345 g/mol. The summed E-state index contributed by atoms with van der Waals surface area (Å²) < 4.78 is 5.52. The lowest BCUT2D eigenvalue weighted by Gasteiger charge is -2.18. The largest absolute Gasteiger partial charge is 0.463 e. The van der Waals surface area contributed by atoms with Gasteiger partial charge in [-0.15, -0.1) is 0 Å². The molecule has 4 nitrogen and oxygen atoms in total. The molecule has 2 aromatic carbocycles. The molecule has 0 fully saturated rings. The number of aromatic nitrogens is 1. The predicted octanol–water partition coefficient (Wildman–Crippen LogP) is 4.01. The van der Waals surface area contributed by atoms with Gasteiger partial charge in [-0.25, -0.2) is 0 Å². The van der Waals surface area contributed by atoms with E-state index >= 15 is 0 Å². The maximum atomic E-state index is 13.4. The number of H-pyrrole nitrogens is 1. The van der Waals surface area contributed by atoms with E-state index in [4.69, 9.17) is 4.42 Å². The van der Waals surface area contributed by atoms with Crippen molar-refractivity contribution in [2.45, 2.75) is 19.0 Å². The van der Waals surface area contributed by atoms with E-state index in [0.29, 0.717) is 0 Å². The van der Waals surface area contributed by atoms with Crippen LogP contribution in [0.4, 0.5) is 0 Å². The van der Waals surface area contributed by atoms with Crippen LogP contribution in [-0.2, 0) is 0 Å². The number of Topliss-reactive ketones (excluding diaryl/α,β-unsaturated/α-hetero) is 1. The maximum absolute atomic E-state index is 13.4. The van der Waals surface area contributed by atoms with Gasteiger partial charge in [0.1, 0.15) is 6.04 Å². The van der Waals surface area contributed by atoms with Crippen molar-refractivity contribution >= 4 is 16.7 Å². The summed E-state index contributed by atoms with van der Waals surface area (Å²) in [4.78, 5) is 16.6. The number of aromatic amines is 1. The Bertz CT molecular complexity index is 1000. The van der Waals surface area contributed by atoms with Gasteiger partial charge in [-0.1, -0.05) is 48.5 Å². The minimum atomic E-state index is -0.337. The molecule has 0 unspecified atom stereocenters. The molecular formula is C22H21N2O2+. The van der Waals surface area contributed by atoms with Gasteiger partial charge in [0.2, 0.25) is 5.78 Å². The quantitative estimate of drug-likeness (QED) is 0.519. The van der Waals surface area contributed by atoms with Crippen molar-refractivity contribution in [2.75, 3.05) is 0 Å². The summed E-state index contributed by atoms with van der Waals surface area (Å²) >= 11 is 0. The highest BCUT2D eigenvalue weighted by molar-refractivity contribution is 6.09. The van der Waals surface area contributed by atoms with Crippen LogP contribution in [0.5, 0.6) is 0 Å². The van der Waals surface area contributed by atoms with Crippen LogP contribution in [0.25, 0.3) is 10.9 Å². The summed E-state index contributed by atoms with van der Waals surface area (Å²) in [7, 11) is 0.